The average Bonchev–Trinajstić information content (AvgIpc) is 2.93. The Balaban J connectivity index is 1.61. The number of rotatable bonds is 4. The average molecular weight is 276 g/mol. The molecular weight excluding hydrogens is 256 g/mol. The number of nitrogens with one attached hydrogen (secondary N) is 1. The van der Waals surface area contributed by atoms with Crippen LogP contribution in [0.1, 0.15) is 32.1 Å². The Bertz CT molecular complexity index is 475. The summed E-state index contributed by atoms with van der Waals surface area (Å²) in [5, 5.41) is 12.9. The quantitative estimate of drug-likeness (QED) is 0.836. The van der Waals surface area contributed by atoms with Gasteiger partial charge in [0, 0.05) is 25.5 Å². The van der Waals surface area contributed by atoms with E-state index < -0.39 is 5.60 Å². The summed E-state index contributed by atoms with van der Waals surface area (Å²) >= 11 is 0. The molecule has 6 heteroatoms. The second kappa shape index (κ2) is 5.36. The minimum atomic E-state index is -0.678. The van der Waals surface area contributed by atoms with Gasteiger partial charge in [0.25, 0.3) is 0 Å². The van der Waals surface area contributed by atoms with E-state index >= 15 is 0 Å². The minimum absolute atomic E-state index is 0.0321. The topological polar surface area (TPSA) is 78.4 Å². The predicted octanol–water partition coefficient (Wildman–Crippen LogP) is 0.477. The van der Waals surface area contributed by atoms with Gasteiger partial charge in [-0.1, -0.05) is 0 Å². The molecule has 1 saturated carbocycles. The maximum Gasteiger partial charge on any atom is 0.242 e. The molecule has 1 aromatic rings. The first-order valence-corrected chi connectivity index (χ1v) is 7.22. The van der Waals surface area contributed by atoms with Crippen molar-refractivity contribution in [3.63, 3.8) is 0 Å². The number of carbonyl (C=O) groups excluding carboxylic acids is 1. The molecule has 2 aliphatic rings. The van der Waals surface area contributed by atoms with Crippen molar-refractivity contribution in [2.45, 2.75) is 43.7 Å². The Morgan fingerprint density at radius 1 is 1.40 bits per heavy atom. The van der Waals surface area contributed by atoms with Gasteiger partial charge in [0.1, 0.15) is 6.04 Å². The van der Waals surface area contributed by atoms with Crippen molar-refractivity contribution < 1.29 is 9.90 Å². The van der Waals surface area contributed by atoms with Gasteiger partial charge in [-0.3, -0.25) is 4.79 Å². The SMILES string of the molecule is O=C(NCC1(O)CCC1)C1CCCN1c1ncccn1. The highest BCUT2D eigenvalue weighted by Crippen LogP contribution is 2.31. The van der Waals surface area contributed by atoms with Crippen LogP contribution in [0.2, 0.25) is 0 Å². The first-order chi connectivity index (χ1) is 9.68. The maximum absolute atomic E-state index is 12.3. The Morgan fingerprint density at radius 3 is 2.80 bits per heavy atom. The van der Waals surface area contributed by atoms with Gasteiger partial charge >= 0.3 is 0 Å². The van der Waals surface area contributed by atoms with Gasteiger partial charge < -0.3 is 15.3 Å². The Kier molecular flexibility index (Phi) is 3.56. The Morgan fingerprint density at radius 2 is 2.15 bits per heavy atom. The van der Waals surface area contributed by atoms with Crippen LogP contribution < -0.4 is 10.2 Å². The Labute approximate surface area is 118 Å². The van der Waals surface area contributed by atoms with Crippen LogP contribution >= 0.6 is 0 Å². The molecule has 1 aliphatic carbocycles. The molecule has 0 bridgehead atoms. The van der Waals surface area contributed by atoms with Crippen LogP contribution in [0.5, 0.6) is 0 Å². The number of anilines is 1. The molecule has 20 heavy (non-hydrogen) atoms. The second-order valence-electron chi connectivity index (χ2n) is 5.70. The van der Waals surface area contributed by atoms with Crippen molar-refractivity contribution in [3.05, 3.63) is 18.5 Å². The number of hydrogen-bond acceptors (Lipinski definition) is 5. The van der Waals surface area contributed by atoms with E-state index in [0.717, 1.165) is 38.6 Å². The van der Waals surface area contributed by atoms with Gasteiger partial charge in [-0.2, -0.15) is 0 Å². The molecule has 0 radical (unpaired) electrons. The number of aromatic nitrogens is 2. The molecule has 1 saturated heterocycles. The lowest BCUT2D eigenvalue weighted by molar-refractivity contribution is -0.124. The fourth-order valence-corrected chi connectivity index (χ4v) is 2.85. The highest BCUT2D eigenvalue weighted by molar-refractivity contribution is 5.85. The zero-order valence-corrected chi connectivity index (χ0v) is 11.5. The number of aliphatic hydroxyl groups is 1. The van der Waals surface area contributed by atoms with Gasteiger partial charge in [0.05, 0.1) is 5.60 Å². The lowest BCUT2D eigenvalue weighted by Crippen LogP contribution is -2.52. The van der Waals surface area contributed by atoms with E-state index in [1.165, 1.54) is 0 Å². The van der Waals surface area contributed by atoms with Crippen LogP contribution in [0, 0.1) is 0 Å². The lowest BCUT2D eigenvalue weighted by atomic mass is 9.80. The number of nitrogens with zero attached hydrogens (tertiary/aromatic N) is 3. The zero-order valence-electron chi connectivity index (χ0n) is 11.5. The standard InChI is InChI=1S/C14H20N4O2/c19-12(17-10-14(20)5-2-6-14)11-4-1-9-18(11)13-15-7-3-8-16-13/h3,7-8,11,20H,1-2,4-6,9-10H2,(H,17,19). The summed E-state index contributed by atoms with van der Waals surface area (Å²) in [5.41, 5.74) is -0.678. The van der Waals surface area contributed by atoms with Gasteiger partial charge in [-0.25, -0.2) is 9.97 Å². The van der Waals surface area contributed by atoms with E-state index in [1.54, 1.807) is 18.5 Å². The number of amides is 1. The fourth-order valence-electron chi connectivity index (χ4n) is 2.85. The molecule has 2 heterocycles. The number of hydrogen-bond donors (Lipinski definition) is 2. The zero-order chi connectivity index (χ0) is 14.0. The monoisotopic (exact) mass is 276 g/mol. The summed E-state index contributed by atoms with van der Waals surface area (Å²) in [5.74, 6) is 0.572. The fraction of sp³-hybridized carbons (Fsp3) is 0.643. The van der Waals surface area contributed by atoms with Gasteiger partial charge in [-0.05, 0) is 38.2 Å². The molecule has 6 nitrogen and oxygen atoms in total. The molecule has 0 spiro atoms. The number of carbonyl (C=O) groups is 1. The molecule has 2 N–H and O–H groups in total. The first kappa shape index (κ1) is 13.3. The molecule has 2 fully saturated rings. The van der Waals surface area contributed by atoms with E-state index in [9.17, 15) is 9.90 Å². The van der Waals surface area contributed by atoms with Crippen LogP contribution in [0.25, 0.3) is 0 Å². The van der Waals surface area contributed by atoms with Crippen molar-refractivity contribution >= 4 is 11.9 Å². The largest absolute Gasteiger partial charge is 0.388 e. The van der Waals surface area contributed by atoms with E-state index in [0.29, 0.717) is 12.5 Å². The summed E-state index contributed by atoms with van der Waals surface area (Å²) in [6, 6.07) is 1.54. The molecule has 3 rings (SSSR count). The highest BCUT2D eigenvalue weighted by Gasteiger charge is 2.37. The van der Waals surface area contributed by atoms with Gasteiger partial charge in [0.2, 0.25) is 11.9 Å². The molecule has 1 aromatic heterocycles. The van der Waals surface area contributed by atoms with E-state index in [4.69, 9.17) is 0 Å². The predicted molar refractivity (Wildman–Crippen MR) is 74.2 cm³/mol. The smallest absolute Gasteiger partial charge is 0.242 e. The van der Waals surface area contributed by atoms with Gasteiger partial charge in [-0.15, -0.1) is 0 Å². The molecule has 1 unspecified atom stereocenters. The summed E-state index contributed by atoms with van der Waals surface area (Å²) in [7, 11) is 0. The van der Waals surface area contributed by atoms with E-state index in [-0.39, 0.29) is 11.9 Å². The van der Waals surface area contributed by atoms with E-state index in [1.807, 2.05) is 4.90 Å². The van der Waals surface area contributed by atoms with Crippen molar-refractivity contribution in [2.24, 2.45) is 0 Å². The van der Waals surface area contributed by atoms with Crippen LogP contribution in [0.15, 0.2) is 18.5 Å². The van der Waals surface area contributed by atoms with Crippen LogP contribution in [-0.4, -0.2) is 45.7 Å². The van der Waals surface area contributed by atoms with Crippen LogP contribution in [0.3, 0.4) is 0 Å². The van der Waals surface area contributed by atoms with Gasteiger partial charge in [0.15, 0.2) is 0 Å². The molecule has 1 atom stereocenters. The van der Waals surface area contributed by atoms with Crippen molar-refractivity contribution in [2.75, 3.05) is 18.0 Å². The normalized spacial score (nSPS) is 24.2. The van der Waals surface area contributed by atoms with Crippen LogP contribution in [-0.2, 0) is 4.79 Å². The summed E-state index contributed by atoms with van der Waals surface area (Å²) in [4.78, 5) is 22.7. The molecule has 1 amide bonds. The van der Waals surface area contributed by atoms with Crippen LogP contribution in [0.4, 0.5) is 5.95 Å². The molecule has 1 aliphatic heterocycles. The molecule has 108 valence electrons. The third-order valence-electron chi connectivity index (χ3n) is 4.24. The Hall–Kier alpha value is -1.69. The lowest BCUT2D eigenvalue weighted by Gasteiger charge is -2.37. The second-order valence-corrected chi connectivity index (χ2v) is 5.70. The van der Waals surface area contributed by atoms with Crippen molar-refractivity contribution in [3.8, 4) is 0 Å². The maximum atomic E-state index is 12.3. The van der Waals surface area contributed by atoms with Crippen molar-refractivity contribution in [1.29, 1.82) is 0 Å². The molecule has 0 aromatic carbocycles. The van der Waals surface area contributed by atoms with E-state index in [2.05, 4.69) is 15.3 Å². The summed E-state index contributed by atoms with van der Waals surface area (Å²) < 4.78 is 0. The minimum Gasteiger partial charge on any atom is -0.388 e. The first-order valence-electron chi connectivity index (χ1n) is 7.22. The molecular formula is C14H20N4O2. The summed E-state index contributed by atoms with van der Waals surface area (Å²) in [6.07, 6.45) is 7.75. The summed E-state index contributed by atoms with van der Waals surface area (Å²) in [6.45, 7) is 1.15. The third-order valence-corrected chi connectivity index (χ3v) is 4.24. The highest BCUT2D eigenvalue weighted by atomic mass is 16.3. The third kappa shape index (κ3) is 2.60. The van der Waals surface area contributed by atoms with Crippen molar-refractivity contribution in [1.82, 2.24) is 15.3 Å².